The molecule has 0 radical (unpaired) electrons. The second kappa shape index (κ2) is 8.80. The summed E-state index contributed by atoms with van der Waals surface area (Å²) in [4.78, 5) is 28.5. The highest BCUT2D eigenvalue weighted by atomic mass is 16.5. The van der Waals surface area contributed by atoms with Gasteiger partial charge in [-0.1, -0.05) is 12.8 Å². The van der Waals surface area contributed by atoms with Crippen molar-refractivity contribution < 1.29 is 14.3 Å². The number of aliphatic imine (C=N–C) groups is 1. The Labute approximate surface area is 188 Å². The molecule has 32 heavy (non-hydrogen) atoms. The quantitative estimate of drug-likeness (QED) is 0.640. The molecule has 2 unspecified atom stereocenters. The van der Waals surface area contributed by atoms with Gasteiger partial charge < -0.3 is 20.4 Å². The Kier molecular flexibility index (Phi) is 6.08. The van der Waals surface area contributed by atoms with Crippen LogP contribution in [0.2, 0.25) is 0 Å². The molecule has 2 atom stereocenters. The number of carbonyl (C=O) groups is 2. The molecular weight excluding hydrogens is 408 g/mol. The normalized spacial score (nSPS) is 19.4. The lowest BCUT2D eigenvalue weighted by Crippen LogP contribution is -2.25. The SMILES string of the molecule is CC(C)(C)C(=O)OCn1ccc2c1NC=NC2c1cnn(C(CC(N)=O)C2CCCC2)c1. The first-order valence-electron chi connectivity index (χ1n) is 11.2. The number of nitrogens with two attached hydrogens (primary N) is 1. The van der Waals surface area contributed by atoms with E-state index in [-0.39, 0.29) is 30.7 Å². The number of hydrogen-bond donors (Lipinski definition) is 2. The maximum absolute atomic E-state index is 12.1. The number of ether oxygens (including phenoxy) is 1. The lowest BCUT2D eigenvalue weighted by atomic mass is 9.95. The molecule has 9 heteroatoms. The van der Waals surface area contributed by atoms with Crippen molar-refractivity contribution in [2.75, 3.05) is 5.32 Å². The Morgan fingerprint density at radius 2 is 2.06 bits per heavy atom. The summed E-state index contributed by atoms with van der Waals surface area (Å²) in [6.45, 7) is 5.61. The van der Waals surface area contributed by atoms with E-state index in [2.05, 4.69) is 15.4 Å². The van der Waals surface area contributed by atoms with Crippen LogP contribution in [0.25, 0.3) is 0 Å². The zero-order valence-electron chi connectivity index (χ0n) is 19.0. The van der Waals surface area contributed by atoms with Crippen LogP contribution in [0.5, 0.6) is 0 Å². The lowest BCUT2D eigenvalue weighted by Gasteiger charge is -2.23. The van der Waals surface area contributed by atoms with Gasteiger partial charge in [-0.05, 0) is 45.6 Å². The largest absolute Gasteiger partial charge is 0.443 e. The van der Waals surface area contributed by atoms with Crippen molar-refractivity contribution in [1.82, 2.24) is 14.3 Å². The minimum atomic E-state index is -0.556. The number of aromatic nitrogens is 3. The molecule has 1 aliphatic heterocycles. The summed E-state index contributed by atoms with van der Waals surface area (Å²) in [5.41, 5.74) is 6.91. The fourth-order valence-electron chi connectivity index (χ4n) is 4.55. The Morgan fingerprint density at radius 3 is 2.75 bits per heavy atom. The van der Waals surface area contributed by atoms with Crippen LogP contribution in [-0.4, -0.2) is 32.6 Å². The molecule has 1 fully saturated rings. The van der Waals surface area contributed by atoms with E-state index in [0.717, 1.165) is 29.8 Å². The van der Waals surface area contributed by atoms with Crippen molar-refractivity contribution in [2.24, 2.45) is 22.1 Å². The molecule has 0 aromatic carbocycles. The Balaban J connectivity index is 1.53. The van der Waals surface area contributed by atoms with E-state index in [1.807, 2.05) is 54.7 Å². The summed E-state index contributed by atoms with van der Waals surface area (Å²) < 4.78 is 9.22. The minimum Gasteiger partial charge on any atom is -0.443 e. The van der Waals surface area contributed by atoms with Gasteiger partial charge in [0.15, 0.2) is 6.73 Å². The van der Waals surface area contributed by atoms with Gasteiger partial charge >= 0.3 is 5.97 Å². The summed E-state index contributed by atoms with van der Waals surface area (Å²) in [5.74, 6) is 0.697. The van der Waals surface area contributed by atoms with Gasteiger partial charge in [0.1, 0.15) is 11.9 Å². The van der Waals surface area contributed by atoms with Crippen molar-refractivity contribution in [3.8, 4) is 0 Å². The van der Waals surface area contributed by atoms with Gasteiger partial charge in [-0.2, -0.15) is 5.10 Å². The standard InChI is InChI=1S/C23H32N6O3/c1-23(2,3)22(31)32-14-28-9-8-17-20(25-13-26-21(17)28)16-11-27-29(12-16)18(10-19(24)30)15-6-4-5-7-15/h8-9,11-13,15,18,20H,4-7,10,14H2,1-3H3,(H2,24,30)(H,25,26). The van der Waals surface area contributed by atoms with E-state index in [4.69, 9.17) is 10.5 Å². The molecule has 3 heterocycles. The maximum Gasteiger partial charge on any atom is 0.312 e. The topological polar surface area (TPSA) is 117 Å². The highest BCUT2D eigenvalue weighted by Gasteiger charge is 2.30. The van der Waals surface area contributed by atoms with Crippen molar-refractivity contribution in [3.63, 3.8) is 0 Å². The van der Waals surface area contributed by atoms with Crippen LogP contribution in [0.15, 0.2) is 29.6 Å². The van der Waals surface area contributed by atoms with Gasteiger partial charge in [-0.25, -0.2) is 0 Å². The molecule has 0 saturated heterocycles. The molecule has 9 nitrogen and oxygen atoms in total. The summed E-state index contributed by atoms with van der Waals surface area (Å²) in [7, 11) is 0. The fourth-order valence-corrected chi connectivity index (χ4v) is 4.55. The van der Waals surface area contributed by atoms with Crippen LogP contribution in [0, 0.1) is 11.3 Å². The van der Waals surface area contributed by atoms with E-state index in [9.17, 15) is 9.59 Å². The third-order valence-corrected chi connectivity index (χ3v) is 6.29. The minimum absolute atomic E-state index is 0.0182. The molecule has 1 saturated carbocycles. The predicted octanol–water partition coefficient (Wildman–Crippen LogP) is 3.38. The zero-order chi connectivity index (χ0) is 22.9. The number of amides is 1. The number of fused-ring (bicyclic) bond motifs is 1. The molecule has 0 spiro atoms. The number of carbonyl (C=O) groups excluding carboxylic acids is 2. The summed E-state index contributed by atoms with van der Waals surface area (Å²) in [5, 5.41) is 7.76. The molecule has 4 rings (SSSR count). The van der Waals surface area contributed by atoms with E-state index < -0.39 is 5.41 Å². The van der Waals surface area contributed by atoms with Gasteiger partial charge in [0, 0.05) is 29.9 Å². The summed E-state index contributed by atoms with van der Waals surface area (Å²) >= 11 is 0. The van der Waals surface area contributed by atoms with Crippen molar-refractivity contribution >= 4 is 24.0 Å². The molecular formula is C23H32N6O3. The molecule has 2 aromatic heterocycles. The first kappa shape index (κ1) is 22.1. The third kappa shape index (κ3) is 4.56. The van der Waals surface area contributed by atoms with Gasteiger partial charge in [0.2, 0.25) is 5.91 Å². The maximum atomic E-state index is 12.1. The van der Waals surface area contributed by atoms with Crippen LogP contribution in [-0.2, 0) is 21.1 Å². The van der Waals surface area contributed by atoms with Crippen LogP contribution in [0.4, 0.5) is 5.82 Å². The highest BCUT2D eigenvalue weighted by molar-refractivity contribution is 5.80. The molecule has 172 valence electrons. The number of nitrogens with one attached hydrogen (secondary N) is 1. The smallest absolute Gasteiger partial charge is 0.312 e. The van der Waals surface area contributed by atoms with E-state index in [1.165, 1.54) is 12.8 Å². The molecule has 2 aromatic rings. The second-order valence-corrected chi connectivity index (χ2v) is 9.76. The first-order chi connectivity index (χ1) is 15.2. The number of anilines is 1. The van der Waals surface area contributed by atoms with Crippen molar-refractivity contribution in [1.29, 1.82) is 0 Å². The van der Waals surface area contributed by atoms with Crippen LogP contribution < -0.4 is 11.1 Å². The van der Waals surface area contributed by atoms with E-state index in [0.29, 0.717) is 12.3 Å². The first-order valence-corrected chi connectivity index (χ1v) is 11.2. The molecule has 1 amide bonds. The predicted molar refractivity (Wildman–Crippen MR) is 121 cm³/mol. The Bertz CT molecular complexity index is 1010. The van der Waals surface area contributed by atoms with Crippen molar-refractivity contribution in [2.45, 2.75) is 71.7 Å². The average Bonchev–Trinajstić information content (AvgIpc) is 3.50. The monoisotopic (exact) mass is 440 g/mol. The number of esters is 1. The molecule has 1 aliphatic carbocycles. The molecule has 0 bridgehead atoms. The van der Waals surface area contributed by atoms with Gasteiger partial charge in [0.25, 0.3) is 0 Å². The average molecular weight is 441 g/mol. The second-order valence-electron chi connectivity index (χ2n) is 9.76. The number of rotatable bonds is 7. The van der Waals surface area contributed by atoms with Crippen LogP contribution in [0.1, 0.15) is 76.1 Å². The number of hydrogen-bond acceptors (Lipinski definition) is 6. The van der Waals surface area contributed by atoms with Crippen molar-refractivity contribution in [3.05, 3.63) is 35.8 Å². The van der Waals surface area contributed by atoms with Gasteiger partial charge in [-0.15, -0.1) is 0 Å². The summed E-state index contributed by atoms with van der Waals surface area (Å²) in [6, 6.07) is 1.73. The highest BCUT2D eigenvalue weighted by Crippen LogP contribution is 2.38. The van der Waals surface area contributed by atoms with Gasteiger partial charge in [0.05, 0.1) is 24.0 Å². The van der Waals surface area contributed by atoms with Gasteiger partial charge in [-0.3, -0.25) is 19.3 Å². The molecule has 2 aliphatic rings. The Hall–Kier alpha value is -3.10. The number of primary amides is 1. The lowest BCUT2D eigenvalue weighted by molar-refractivity contribution is -0.156. The van der Waals surface area contributed by atoms with E-state index >= 15 is 0 Å². The fraction of sp³-hybridized carbons (Fsp3) is 0.565. The third-order valence-electron chi connectivity index (χ3n) is 6.29. The molecule has 3 N–H and O–H groups in total. The Morgan fingerprint density at radius 1 is 1.31 bits per heavy atom. The van der Waals surface area contributed by atoms with Crippen LogP contribution >= 0.6 is 0 Å². The summed E-state index contributed by atoms with van der Waals surface area (Å²) in [6.07, 6.45) is 12.2. The number of nitrogens with zero attached hydrogens (tertiary/aromatic N) is 4. The zero-order valence-corrected chi connectivity index (χ0v) is 19.0. The van der Waals surface area contributed by atoms with E-state index in [1.54, 1.807) is 6.34 Å². The van der Waals surface area contributed by atoms with Crippen LogP contribution in [0.3, 0.4) is 0 Å².